The summed E-state index contributed by atoms with van der Waals surface area (Å²) in [6, 6.07) is 3.96. The molecule has 1 rings (SSSR count). The highest BCUT2D eigenvalue weighted by atomic mass is 35.5. The predicted molar refractivity (Wildman–Crippen MR) is 83.3 cm³/mol. The van der Waals surface area contributed by atoms with Crippen LogP contribution in [0.1, 0.15) is 18.4 Å². The van der Waals surface area contributed by atoms with Crippen LogP contribution in [0.25, 0.3) is 0 Å². The van der Waals surface area contributed by atoms with Gasteiger partial charge in [0.05, 0.1) is 0 Å². The van der Waals surface area contributed by atoms with Gasteiger partial charge in [0, 0.05) is 32.3 Å². The normalized spacial score (nSPS) is 8.95. The fourth-order valence-electron chi connectivity index (χ4n) is 1.32. The molecule has 0 saturated carbocycles. The second-order valence-corrected chi connectivity index (χ2v) is 3.89. The monoisotopic (exact) mass is 308 g/mol. The highest BCUT2D eigenvalue weighted by molar-refractivity contribution is 5.85. The maximum Gasteiger partial charge on any atom is 0.221 e. The Morgan fingerprint density at radius 1 is 1.32 bits per heavy atom. The molecule has 19 heavy (non-hydrogen) atoms. The number of aryl methyl sites for hydroxylation is 1. The molecule has 0 spiro atoms. The lowest BCUT2D eigenvalue weighted by Gasteiger charge is -2.06. The molecular weight excluding hydrogens is 287 g/mol. The van der Waals surface area contributed by atoms with Crippen LogP contribution in [0.3, 0.4) is 0 Å². The van der Waals surface area contributed by atoms with E-state index < -0.39 is 0 Å². The third-order valence-corrected chi connectivity index (χ3v) is 2.26. The maximum absolute atomic E-state index is 11.1. The number of carbonyl (C=O) groups excluding carboxylic acids is 1. The number of rotatable bonds is 7. The van der Waals surface area contributed by atoms with Crippen LogP contribution in [0.4, 0.5) is 5.82 Å². The largest absolute Gasteiger partial charge is 0.370 e. The van der Waals surface area contributed by atoms with Crippen LogP contribution in [0.5, 0.6) is 0 Å². The van der Waals surface area contributed by atoms with E-state index in [-0.39, 0.29) is 30.7 Å². The van der Waals surface area contributed by atoms with Crippen molar-refractivity contribution in [1.82, 2.24) is 10.3 Å². The van der Waals surface area contributed by atoms with Gasteiger partial charge in [0.25, 0.3) is 0 Å². The number of carbonyl (C=O) groups is 1. The van der Waals surface area contributed by atoms with Crippen LogP contribution < -0.4 is 16.4 Å². The van der Waals surface area contributed by atoms with Gasteiger partial charge < -0.3 is 16.4 Å². The summed E-state index contributed by atoms with van der Waals surface area (Å²) in [5, 5.41) is 5.99. The first-order valence-electron chi connectivity index (χ1n) is 5.85. The zero-order chi connectivity index (χ0) is 12.5. The Labute approximate surface area is 126 Å². The second-order valence-electron chi connectivity index (χ2n) is 3.89. The van der Waals surface area contributed by atoms with Crippen molar-refractivity contribution in [2.75, 3.05) is 25.0 Å². The number of pyridine rings is 1. The van der Waals surface area contributed by atoms with Gasteiger partial charge in [0.2, 0.25) is 5.91 Å². The Bertz CT molecular complexity index is 346. The lowest BCUT2D eigenvalue weighted by Crippen LogP contribution is -2.27. The summed E-state index contributed by atoms with van der Waals surface area (Å²) in [6.45, 7) is 3.86. The molecule has 5 nitrogen and oxygen atoms in total. The van der Waals surface area contributed by atoms with E-state index in [1.807, 2.05) is 25.3 Å². The molecule has 7 heteroatoms. The highest BCUT2D eigenvalue weighted by Crippen LogP contribution is 2.03. The summed E-state index contributed by atoms with van der Waals surface area (Å²) in [6.07, 6.45) is 3.09. The molecular formula is C12H22Cl2N4O. The Hall–Kier alpha value is -1.04. The lowest BCUT2D eigenvalue weighted by molar-refractivity contribution is -0.120. The minimum Gasteiger partial charge on any atom is -0.370 e. The van der Waals surface area contributed by atoms with Crippen molar-refractivity contribution in [2.24, 2.45) is 5.73 Å². The van der Waals surface area contributed by atoms with Crippen molar-refractivity contribution < 1.29 is 4.79 Å². The molecule has 0 bridgehead atoms. The van der Waals surface area contributed by atoms with E-state index in [0.717, 1.165) is 24.3 Å². The fourth-order valence-corrected chi connectivity index (χ4v) is 1.32. The van der Waals surface area contributed by atoms with Crippen molar-refractivity contribution in [2.45, 2.75) is 19.8 Å². The summed E-state index contributed by atoms with van der Waals surface area (Å²) < 4.78 is 0. The van der Waals surface area contributed by atoms with Gasteiger partial charge in [-0.15, -0.1) is 24.8 Å². The summed E-state index contributed by atoms with van der Waals surface area (Å²) in [7, 11) is 0. The van der Waals surface area contributed by atoms with E-state index in [4.69, 9.17) is 5.73 Å². The number of hydrogen-bond acceptors (Lipinski definition) is 4. The molecule has 0 atom stereocenters. The summed E-state index contributed by atoms with van der Waals surface area (Å²) in [4.78, 5) is 15.3. The average Bonchev–Trinajstić information content (AvgIpc) is 2.31. The topological polar surface area (TPSA) is 80.0 Å². The SMILES string of the molecule is Cc1ccc(NCCCNC(=O)CCN)nc1.Cl.Cl. The number of nitrogens with one attached hydrogen (secondary N) is 2. The Balaban J connectivity index is 0. The summed E-state index contributed by atoms with van der Waals surface area (Å²) in [5.41, 5.74) is 6.41. The van der Waals surface area contributed by atoms with Gasteiger partial charge in [-0.1, -0.05) is 6.07 Å². The zero-order valence-electron chi connectivity index (χ0n) is 11.0. The zero-order valence-corrected chi connectivity index (χ0v) is 12.6. The number of anilines is 1. The van der Waals surface area contributed by atoms with Gasteiger partial charge in [-0.3, -0.25) is 4.79 Å². The minimum absolute atomic E-state index is 0. The van der Waals surface area contributed by atoms with Crippen molar-refractivity contribution in [3.63, 3.8) is 0 Å². The molecule has 0 aliphatic heterocycles. The van der Waals surface area contributed by atoms with Crippen molar-refractivity contribution >= 4 is 36.5 Å². The molecule has 1 aromatic rings. The quantitative estimate of drug-likeness (QED) is 0.667. The van der Waals surface area contributed by atoms with Gasteiger partial charge >= 0.3 is 0 Å². The molecule has 0 radical (unpaired) electrons. The van der Waals surface area contributed by atoms with Gasteiger partial charge in [-0.05, 0) is 25.0 Å². The predicted octanol–water partition coefficient (Wildman–Crippen LogP) is 1.50. The van der Waals surface area contributed by atoms with Crippen LogP contribution in [0.2, 0.25) is 0 Å². The number of nitrogens with two attached hydrogens (primary N) is 1. The third kappa shape index (κ3) is 9.53. The average molecular weight is 309 g/mol. The first kappa shape index (κ1) is 20.3. The molecule has 0 aliphatic carbocycles. The number of hydrogen-bond donors (Lipinski definition) is 3. The first-order valence-corrected chi connectivity index (χ1v) is 5.85. The smallest absolute Gasteiger partial charge is 0.221 e. The standard InChI is InChI=1S/C12H20N4O.2ClH/c1-10-3-4-11(16-9-10)14-7-2-8-15-12(17)5-6-13;;/h3-4,9H,2,5-8,13H2,1H3,(H,14,16)(H,15,17);2*1H. The van der Waals surface area contributed by atoms with Gasteiger partial charge in [-0.25, -0.2) is 4.98 Å². The van der Waals surface area contributed by atoms with E-state index >= 15 is 0 Å². The molecule has 0 saturated heterocycles. The lowest BCUT2D eigenvalue weighted by atomic mass is 10.3. The highest BCUT2D eigenvalue weighted by Gasteiger charge is 1.97. The number of amides is 1. The molecule has 0 unspecified atom stereocenters. The summed E-state index contributed by atoms with van der Waals surface area (Å²) >= 11 is 0. The Morgan fingerprint density at radius 3 is 2.63 bits per heavy atom. The molecule has 1 heterocycles. The van der Waals surface area contributed by atoms with Crippen molar-refractivity contribution in [1.29, 1.82) is 0 Å². The van der Waals surface area contributed by atoms with E-state index in [0.29, 0.717) is 19.5 Å². The van der Waals surface area contributed by atoms with Gasteiger partial charge in [-0.2, -0.15) is 0 Å². The molecule has 0 aliphatic rings. The number of aromatic nitrogens is 1. The van der Waals surface area contributed by atoms with Crippen molar-refractivity contribution in [3.05, 3.63) is 23.9 Å². The summed E-state index contributed by atoms with van der Waals surface area (Å²) in [5.74, 6) is 0.879. The van der Waals surface area contributed by atoms with E-state index in [9.17, 15) is 4.79 Å². The van der Waals surface area contributed by atoms with Gasteiger partial charge in [0.1, 0.15) is 5.82 Å². The third-order valence-electron chi connectivity index (χ3n) is 2.26. The number of nitrogens with zero attached hydrogens (tertiary/aromatic N) is 1. The van der Waals surface area contributed by atoms with Crippen LogP contribution in [0, 0.1) is 6.92 Å². The molecule has 110 valence electrons. The maximum atomic E-state index is 11.1. The molecule has 4 N–H and O–H groups in total. The molecule has 1 amide bonds. The van der Waals surface area contributed by atoms with Crippen LogP contribution in [0.15, 0.2) is 18.3 Å². The molecule has 0 fully saturated rings. The first-order chi connectivity index (χ1) is 8.22. The van der Waals surface area contributed by atoms with Gasteiger partial charge in [0.15, 0.2) is 0 Å². The van der Waals surface area contributed by atoms with Crippen LogP contribution in [-0.4, -0.2) is 30.5 Å². The Kier molecular flexibility index (Phi) is 12.8. The van der Waals surface area contributed by atoms with E-state index in [1.165, 1.54) is 0 Å². The minimum atomic E-state index is 0. The van der Waals surface area contributed by atoms with E-state index in [2.05, 4.69) is 15.6 Å². The van der Waals surface area contributed by atoms with Crippen LogP contribution >= 0.6 is 24.8 Å². The van der Waals surface area contributed by atoms with Crippen molar-refractivity contribution in [3.8, 4) is 0 Å². The fraction of sp³-hybridized carbons (Fsp3) is 0.500. The van der Waals surface area contributed by atoms with Crippen LogP contribution in [-0.2, 0) is 4.79 Å². The molecule has 1 aromatic heterocycles. The molecule has 0 aromatic carbocycles. The Morgan fingerprint density at radius 2 is 2.05 bits per heavy atom. The van der Waals surface area contributed by atoms with E-state index in [1.54, 1.807) is 0 Å². The second kappa shape index (κ2) is 12.0. The number of halogens is 2.